The van der Waals surface area contributed by atoms with Gasteiger partial charge in [-0.05, 0) is 55.5 Å². The van der Waals surface area contributed by atoms with E-state index >= 15 is 0 Å². The summed E-state index contributed by atoms with van der Waals surface area (Å²) in [6, 6.07) is 12.9. The lowest BCUT2D eigenvalue weighted by Gasteiger charge is -2.08. The van der Waals surface area contributed by atoms with E-state index in [1.165, 1.54) is 14.0 Å². The molecule has 0 atom stereocenters. The zero-order valence-electron chi connectivity index (χ0n) is 13.4. The SMILES string of the molecule is COC(=O)c1ccc(NC(=O)COc2ccc(C(C)=O)cc2)cc1. The predicted molar refractivity (Wildman–Crippen MR) is 88.4 cm³/mol. The number of carbonyl (C=O) groups excluding carboxylic acids is 3. The van der Waals surface area contributed by atoms with Crippen LogP contribution in [-0.4, -0.2) is 31.4 Å². The molecular formula is C18H17NO5. The third kappa shape index (κ3) is 4.67. The third-order valence-electron chi connectivity index (χ3n) is 3.22. The van der Waals surface area contributed by atoms with Gasteiger partial charge in [0.15, 0.2) is 12.4 Å². The number of amides is 1. The minimum absolute atomic E-state index is 0.0327. The van der Waals surface area contributed by atoms with Crippen LogP contribution in [0.4, 0.5) is 5.69 Å². The zero-order chi connectivity index (χ0) is 17.5. The molecule has 0 heterocycles. The van der Waals surface area contributed by atoms with Crippen molar-refractivity contribution in [2.45, 2.75) is 6.92 Å². The molecule has 0 saturated heterocycles. The topological polar surface area (TPSA) is 81.7 Å². The largest absolute Gasteiger partial charge is 0.484 e. The molecule has 2 rings (SSSR count). The number of ketones is 1. The lowest BCUT2D eigenvalue weighted by atomic mass is 10.1. The summed E-state index contributed by atoms with van der Waals surface area (Å²) in [5, 5.41) is 2.66. The van der Waals surface area contributed by atoms with Crippen molar-refractivity contribution in [3.8, 4) is 5.75 Å². The Labute approximate surface area is 139 Å². The van der Waals surface area contributed by atoms with Crippen LogP contribution in [0, 0.1) is 0 Å². The highest BCUT2D eigenvalue weighted by Gasteiger charge is 2.07. The highest BCUT2D eigenvalue weighted by Crippen LogP contribution is 2.13. The number of carbonyl (C=O) groups is 3. The van der Waals surface area contributed by atoms with E-state index in [1.807, 2.05) is 0 Å². The van der Waals surface area contributed by atoms with Gasteiger partial charge in [-0.2, -0.15) is 0 Å². The maximum absolute atomic E-state index is 11.9. The lowest BCUT2D eigenvalue weighted by Crippen LogP contribution is -2.20. The van der Waals surface area contributed by atoms with Crippen molar-refractivity contribution in [2.75, 3.05) is 19.0 Å². The van der Waals surface area contributed by atoms with E-state index in [4.69, 9.17) is 4.74 Å². The van der Waals surface area contributed by atoms with Gasteiger partial charge < -0.3 is 14.8 Å². The summed E-state index contributed by atoms with van der Waals surface area (Å²) in [5.74, 6) is -0.312. The number of hydrogen-bond acceptors (Lipinski definition) is 5. The summed E-state index contributed by atoms with van der Waals surface area (Å²) >= 11 is 0. The Morgan fingerprint density at radius 2 is 1.50 bits per heavy atom. The van der Waals surface area contributed by atoms with Crippen molar-refractivity contribution in [3.63, 3.8) is 0 Å². The molecule has 1 amide bonds. The van der Waals surface area contributed by atoms with Crippen molar-refractivity contribution in [2.24, 2.45) is 0 Å². The smallest absolute Gasteiger partial charge is 0.337 e. The van der Waals surface area contributed by atoms with E-state index in [0.29, 0.717) is 22.6 Å². The van der Waals surface area contributed by atoms with Crippen LogP contribution in [0.15, 0.2) is 48.5 Å². The number of nitrogens with one attached hydrogen (secondary N) is 1. The molecule has 24 heavy (non-hydrogen) atoms. The highest BCUT2D eigenvalue weighted by molar-refractivity contribution is 5.94. The Hall–Kier alpha value is -3.15. The molecule has 0 unspecified atom stereocenters. The normalized spacial score (nSPS) is 9.92. The number of Topliss-reactive ketones (excluding diaryl/α,β-unsaturated/α-hetero) is 1. The Bertz CT molecular complexity index is 735. The van der Waals surface area contributed by atoms with E-state index in [1.54, 1.807) is 48.5 Å². The van der Waals surface area contributed by atoms with Gasteiger partial charge in [0.1, 0.15) is 5.75 Å². The quantitative estimate of drug-likeness (QED) is 0.651. The van der Waals surface area contributed by atoms with Gasteiger partial charge in [0.25, 0.3) is 5.91 Å². The van der Waals surface area contributed by atoms with Crippen molar-refractivity contribution < 1.29 is 23.9 Å². The first-order chi connectivity index (χ1) is 11.5. The fourth-order valence-electron chi connectivity index (χ4n) is 1.94. The predicted octanol–water partition coefficient (Wildman–Crippen LogP) is 2.69. The number of esters is 1. The van der Waals surface area contributed by atoms with Crippen molar-refractivity contribution >= 4 is 23.3 Å². The van der Waals surface area contributed by atoms with Crippen LogP contribution in [0.1, 0.15) is 27.6 Å². The molecule has 0 bridgehead atoms. The second-order valence-corrected chi connectivity index (χ2v) is 4.99. The summed E-state index contributed by atoms with van der Waals surface area (Å²) in [6.07, 6.45) is 0. The Morgan fingerprint density at radius 1 is 0.917 bits per heavy atom. The second-order valence-electron chi connectivity index (χ2n) is 4.99. The number of hydrogen-bond donors (Lipinski definition) is 1. The third-order valence-corrected chi connectivity index (χ3v) is 3.22. The molecule has 1 N–H and O–H groups in total. The summed E-state index contributed by atoms with van der Waals surface area (Å²) in [6.45, 7) is 1.31. The first-order valence-corrected chi connectivity index (χ1v) is 7.21. The number of anilines is 1. The number of ether oxygens (including phenoxy) is 2. The van der Waals surface area contributed by atoms with Gasteiger partial charge in [0.05, 0.1) is 12.7 Å². The van der Waals surface area contributed by atoms with Crippen LogP contribution >= 0.6 is 0 Å². The minimum Gasteiger partial charge on any atom is -0.484 e. The zero-order valence-corrected chi connectivity index (χ0v) is 13.4. The first kappa shape index (κ1) is 17.2. The molecule has 6 nitrogen and oxygen atoms in total. The molecule has 0 aliphatic rings. The fraction of sp³-hybridized carbons (Fsp3) is 0.167. The van der Waals surface area contributed by atoms with Crippen LogP contribution in [0.5, 0.6) is 5.75 Å². The van der Waals surface area contributed by atoms with E-state index < -0.39 is 5.97 Å². The minimum atomic E-state index is -0.440. The average molecular weight is 327 g/mol. The lowest BCUT2D eigenvalue weighted by molar-refractivity contribution is -0.118. The Balaban J connectivity index is 1.86. The summed E-state index contributed by atoms with van der Waals surface area (Å²) in [5.41, 5.74) is 1.53. The molecule has 0 aliphatic heterocycles. The molecule has 0 radical (unpaired) electrons. The Morgan fingerprint density at radius 3 is 2.04 bits per heavy atom. The molecule has 0 fully saturated rings. The van der Waals surface area contributed by atoms with Crippen molar-refractivity contribution in [1.29, 1.82) is 0 Å². The number of rotatable bonds is 6. The molecule has 0 spiro atoms. The van der Waals surface area contributed by atoms with Crippen LogP contribution in [0.25, 0.3) is 0 Å². The summed E-state index contributed by atoms with van der Waals surface area (Å²) in [7, 11) is 1.30. The van der Waals surface area contributed by atoms with Crippen LogP contribution in [0.2, 0.25) is 0 Å². The molecule has 0 aliphatic carbocycles. The van der Waals surface area contributed by atoms with Gasteiger partial charge in [0.2, 0.25) is 0 Å². The molecule has 2 aromatic rings. The summed E-state index contributed by atoms with van der Waals surface area (Å²) in [4.78, 5) is 34.4. The van der Waals surface area contributed by atoms with E-state index in [9.17, 15) is 14.4 Å². The fourth-order valence-corrected chi connectivity index (χ4v) is 1.94. The molecule has 0 aromatic heterocycles. The van der Waals surface area contributed by atoms with Crippen molar-refractivity contribution in [1.82, 2.24) is 0 Å². The molecule has 124 valence electrons. The van der Waals surface area contributed by atoms with Gasteiger partial charge in [-0.25, -0.2) is 4.79 Å². The Kier molecular flexibility index (Phi) is 5.68. The van der Waals surface area contributed by atoms with Crippen LogP contribution in [0.3, 0.4) is 0 Å². The highest BCUT2D eigenvalue weighted by atomic mass is 16.5. The first-order valence-electron chi connectivity index (χ1n) is 7.21. The van der Waals surface area contributed by atoms with Gasteiger partial charge in [-0.1, -0.05) is 0 Å². The number of methoxy groups -OCH3 is 1. The number of benzene rings is 2. The molecule has 2 aromatic carbocycles. The van der Waals surface area contributed by atoms with Crippen molar-refractivity contribution in [3.05, 3.63) is 59.7 Å². The maximum atomic E-state index is 11.9. The standard InChI is InChI=1S/C18H17NO5/c1-12(20)13-5-9-16(10-6-13)24-11-17(21)19-15-7-3-14(4-8-15)18(22)23-2/h3-10H,11H2,1-2H3,(H,19,21). The maximum Gasteiger partial charge on any atom is 0.337 e. The van der Waals surface area contributed by atoms with Gasteiger partial charge >= 0.3 is 5.97 Å². The summed E-state index contributed by atoms with van der Waals surface area (Å²) < 4.78 is 9.96. The second kappa shape index (κ2) is 7.92. The van der Waals surface area contributed by atoms with Gasteiger partial charge in [0, 0.05) is 11.3 Å². The molecule has 6 heteroatoms. The molecule has 0 saturated carbocycles. The van der Waals surface area contributed by atoms with E-state index in [0.717, 1.165) is 0 Å². The van der Waals surface area contributed by atoms with Crippen LogP contribution < -0.4 is 10.1 Å². The van der Waals surface area contributed by atoms with Gasteiger partial charge in [-0.15, -0.1) is 0 Å². The average Bonchev–Trinajstić information content (AvgIpc) is 2.60. The molecular weight excluding hydrogens is 310 g/mol. The van der Waals surface area contributed by atoms with E-state index in [2.05, 4.69) is 10.1 Å². The van der Waals surface area contributed by atoms with Gasteiger partial charge in [-0.3, -0.25) is 9.59 Å². The van der Waals surface area contributed by atoms with E-state index in [-0.39, 0.29) is 18.3 Å². The monoisotopic (exact) mass is 327 g/mol. The van der Waals surface area contributed by atoms with Crippen LogP contribution in [-0.2, 0) is 9.53 Å².